The predicted molar refractivity (Wildman–Crippen MR) is 63.1 cm³/mol. The van der Waals surface area contributed by atoms with Crippen molar-refractivity contribution in [2.45, 2.75) is 0 Å². The van der Waals surface area contributed by atoms with Gasteiger partial charge in [0.1, 0.15) is 0 Å². The van der Waals surface area contributed by atoms with Crippen molar-refractivity contribution >= 4 is 5.65 Å². The fourth-order valence-electron chi connectivity index (χ4n) is 1.76. The molecule has 0 saturated carbocycles. The Labute approximate surface area is 97.8 Å². The van der Waals surface area contributed by atoms with Crippen molar-refractivity contribution in [3.63, 3.8) is 0 Å². The number of benzene rings is 1. The summed E-state index contributed by atoms with van der Waals surface area (Å²) in [6, 6.07) is 11.3. The Bertz CT molecular complexity index is 704. The van der Waals surface area contributed by atoms with Crippen molar-refractivity contribution in [2.75, 3.05) is 0 Å². The van der Waals surface area contributed by atoms with E-state index in [1.54, 1.807) is 29.0 Å². The molecule has 0 spiro atoms. The smallest absolute Gasteiger partial charge is 0.162 e. The van der Waals surface area contributed by atoms with Gasteiger partial charge in [-0.05, 0) is 23.8 Å². The van der Waals surface area contributed by atoms with Gasteiger partial charge in [-0.15, -0.1) is 0 Å². The minimum Gasteiger partial charge on any atom is -0.236 e. The molecule has 0 amide bonds. The van der Waals surface area contributed by atoms with Gasteiger partial charge in [0.15, 0.2) is 5.65 Å². The SMILES string of the molecule is N#Cc1ccc(-c2cnn3cccnc23)cc1. The maximum atomic E-state index is 8.75. The van der Waals surface area contributed by atoms with Gasteiger partial charge in [-0.2, -0.15) is 10.4 Å². The Kier molecular flexibility index (Phi) is 2.09. The van der Waals surface area contributed by atoms with E-state index in [-0.39, 0.29) is 0 Å². The molecule has 0 unspecified atom stereocenters. The lowest BCUT2D eigenvalue weighted by atomic mass is 10.1. The van der Waals surface area contributed by atoms with Crippen LogP contribution in [0, 0.1) is 11.3 Å². The van der Waals surface area contributed by atoms with Gasteiger partial charge < -0.3 is 0 Å². The van der Waals surface area contributed by atoms with Crippen LogP contribution in [0.5, 0.6) is 0 Å². The molecule has 3 rings (SSSR count). The molecule has 17 heavy (non-hydrogen) atoms. The third-order valence-corrected chi connectivity index (χ3v) is 2.60. The molecule has 80 valence electrons. The zero-order valence-corrected chi connectivity index (χ0v) is 8.91. The minimum absolute atomic E-state index is 0.651. The highest BCUT2D eigenvalue weighted by Gasteiger charge is 2.06. The van der Waals surface area contributed by atoms with Crippen molar-refractivity contribution < 1.29 is 0 Å². The molecule has 2 aromatic heterocycles. The maximum Gasteiger partial charge on any atom is 0.162 e. The number of hydrogen-bond donors (Lipinski definition) is 0. The van der Waals surface area contributed by atoms with Crippen molar-refractivity contribution in [2.24, 2.45) is 0 Å². The zero-order chi connectivity index (χ0) is 11.7. The van der Waals surface area contributed by atoms with E-state index >= 15 is 0 Å². The summed E-state index contributed by atoms with van der Waals surface area (Å²) in [5, 5.41) is 13.0. The fraction of sp³-hybridized carbons (Fsp3) is 0. The summed E-state index contributed by atoms with van der Waals surface area (Å²) >= 11 is 0. The maximum absolute atomic E-state index is 8.75. The summed E-state index contributed by atoms with van der Waals surface area (Å²) in [7, 11) is 0. The molecule has 0 atom stereocenters. The van der Waals surface area contributed by atoms with E-state index in [2.05, 4.69) is 16.2 Å². The van der Waals surface area contributed by atoms with Crippen LogP contribution < -0.4 is 0 Å². The summed E-state index contributed by atoms with van der Waals surface area (Å²) in [4.78, 5) is 4.30. The standard InChI is InChI=1S/C13H8N4/c14-8-10-2-4-11(5-3-10)12-9-16-17-7-1-6-15-13(12)17/h1-7,9H. The highest BCUT2D eigenvalue weighted by atomic mass is 15.2. The van der Waals surface area contributed by atoms with Crippen LogP contribution in [0.25, 0.3) is 16.8 Å². The van der Waals surface area contributed by atoms with E-state index in [1.807, 2.05) is 24.4 Å². The Morgan fingerprint density at radius 1 is 1.18 bits per heavy atom. The second kappa shape index (κ2) is 3.72. The molecule has 4 nitrogen and oxygen atoms in total. The predicted octanol–water partition coefficient (Wildman–Crippen LogP) is 2.27. The van der Waals surface area contributed by atoms with E-state index < -0.39 is 0 Å². The Balaban J connectivity index is 2.17. The second-order valence-corrected chi connectivity index (χ2v) is 3.64. The molecule has 0 bridgehead atoms. The average Bonchev–Trinajstić information content (AvgIpc) is 2.83. The molecule has 2 heterocycles. The number of nitriles is 1. The molecule has 1 aromatic carbocycles. The first kappa shape index (κ1) is 9.55. The summed E-state index contributed by atoms with van der Waals surface area (Å²) in [6.07, 6.45) is 5.38. The largest absolute Gasteiger partial charge is 0.236 e. The van der Waals surface area contributed by atoms with Gasteiger partial charge in [-0.25, -0.2) is 9.50 Å². The van der Waals surface area contributed by atoms with Crippen LogP contribution >= 0.6 is 0 Å². The topological polar surface area (TPSA) is 54.0 Å². The lowest BCUT2D eigenvalue weighted by Gasteiger charge is -1.98. The third kappa shape index (κ3) is 1.54. The van der Waals surface area contributed by atoms with Crippen molar-refractivity contribution in [1.82, 2.24) is 14.6 Å². The Morgan fingerprint density at radius 2 is 2.00 bits per heavy atom. The molecule has 0 fully saturated rings. The van der Waals surface area contributed by atoms with E-state index in [1.165, 1.54) is 0 Å². The molecule has 0 radical (unpaired) electrons. The fourth-order valence-corrected chi connectivity index (χ4v) is 1.76. The second-order valence-electron chi connectivity index (χ2n) is 3.64. The van der Waals surface area contributed by atoms with Crippen LogP contribution in [-0.4, -0.2) is 14.6 Å². The molecular weight excluding hydrogens is 212 g/mol. The first-order chi connectivity index (χ1) is 8.38. The zero-order valence-electron chi connectivity index (χ0n) is 8.91. The molecule has 0 saturated heterocycles. The summed E-state index contributed by atoms with van der Waals surface area (Å²) in [5.74, 6) is 0. The van der Waals surface area contributed by atoms with Gasteiger partial charge in [0.05, 0.1) is 17.8 Å². The van der Waals surface area contributed by atoms with Gasteiger partial charge in [0.2, 0.25) is 0 Å². The van der Waals surface area contributed by atoms with Crippen LogP contribution in [0.2, 0.25) is 0 Å². The number of nitrogens with zero attached hydrogens (tertiary/aromatic N) is 4. The van der Waals surface area contributed by atoms with Crippen LogP contribution in [0.4, 0.5) is 0 Å². The quantitative estimate of drug-likeness (QED) is 0.632. The Morgan fingerprint density at radius 3 is 2.76 bits per heavy atom. The minimum atomic E-state index is 0.651. The van der Waals surface area contributed by atoms with Gasteiger partial charge >= 0.3 is 0 Å². The lowest BCUT2D eigenvalue weighted by molar-refractivity contribution is 0.939. The number of aromatic nitrogens is 3. The lowest BCUT2D eigenvalue weighted by Crippen LogP contribution is -1.87. The van der Waals surface area contributed by atoms with Crippen LogP contribution in [0.3, 0.4) is 0 Å². The van der Waals surface area contributed by atoms with E-state index in [0.717, 1.165) is 16.8 Å². The first-order valence-corrected chi connectivity index (χ1v) is 5.17. The summed E-state index contributed by atoms with van der Waals surface area (Å²) in [5.41, 5.74) is 3.45. The van der Waals surface area contributed by atoms with Gasteiger partial charge in [0.25, 0.3) is 0 Å². The van der Waals surface area contributed by atoms with E-state index in [9.17, 15) is 0 Å². The van der Waals surface area contributed by atoms with Crippen LogP contribution in [0.15, 0.2) is 48.9 Å². The number of fused-ring (bicyclic) bond motifs is 1. The molecule has 0 aliphatic heterocycles. The van der Waals surface area contributed by atoms with Crippen LogP contribution in [0.1, 0.15) is 5.56 Å². The highest BCUT2D eigenvalue weighted by molar-refractivity contribution is 5.76. The normalized spacial score (nSPS) is 10.3. The van der Waals surface area contributed by atoms with Crippen LogP contribution in [-0.2, 0) is 0 Å². The molecule has 0 aliphatic rings. The van der Waals surface area contributed by atoms with E-state index in [0.29, 0.717) is 5.56 Å². The average molecular weight is 220 g/mol. The molecular formula is C13H8N4. The summed E-state index contributed by atoms with van der Waals surface area (Å²) in [6.45, 7) is 0. The van der Waals surface area contributed by atoms with E-state index in [4.69, 9.17) is 5.26 Å². The summed E-state index contributed by atoms with van der Waals surface area (Å²) < 4.78 is 1.73. The molecule has 4 heteroatoms. The van der Waals surface area contributed by atoms with Crippen molar-refractivity contribution in [3.8, 4) is 17.2 Å². The molecule has 0 N–H and O–H groups in total. The Hall–Kier alpha value is -2.67. The monoisotopic (exact) mass is 220 g/mol. The number of rotatable bonds is 1. The number of hydrogen-bond acceptors (Lipinski definition) is 3. The highest BCUT2D eigenvalue weighted by Crippen LogP contribution is 2.22. The van der Waals surface area contributed by atoms with Crippen molar-refractivity contribution in [3.05, 3.63) is 54.5 Å². The third-order valence-electron chi connectivity index (χ3n) is 2.60. The first-order valence-electron chi connectivity index (χ1n) is 5.17. The van der Waals surface area contributed by atoms with Gasteiger partial charge in [-0.3, -0.25) is 0 Å². The van der Waals surface area contributed by atoms with Gasteiger partial charge in [-0.1, -0.05) is 12.1 Å². The van der Waals surface area contributed by atoms with Gasteiger partial charge in [0, 0.05) is 18.0 Å². The molecule has 3 aromatic rings. The van der Waals surface area contributed by atoms with Crippen molar-refractivity contribution in [1.29, 1.82) is 5.26 Å². The molecule has 0 aliphatic carbocycles.